The zero-order chi connectivity index (χ0) is 13.1. The predicted molar refractivity (Wildman–Crippen MR) is 81.8 cm³/mol. The van der Waals surface area contributed by atoms with E-state index in [0.717, 1.165) is 9.26 Å². The van der Waals surface area contributed by atoms with E-state index >= 15 is 0 Å². The number of rotatable bonds is 3. The molecule has 0 saturated heterocycles. The minimum Gasteiger partial charge on any atom is -0.396 e. The van der Waals surface area contributed by atoms with E-state index in [1.54, 1.807) is 18.2 Å². The number of nitrogen functional groups attached to an aromatic ring is 1. The lowest BCUT2D eigenvalue weighted by Gasteiger charge is -2.11. The second-order valence-corrected chi connectivity index (χ2v) is 5.01. The standard InChI is InChI=1S/C13H12IN3O/c14-8-4-6-9(7-5-8)17-11-3-1-2-10(12(11)15)13(16)18/h1-7,17H,15H2,(H2,16,18). The maximum Gasteiger partial charge on any atom is 0.250 e. The highest BCUT2D eigenvalue weighted by Gasteiger charge is 2.09. The van der Waals surface area contributed by atoms with Gasteiger partial charge in [0.25, 0.3) is 5.91 Å². The molecule has 0 heterocycles. The monoisotopic (exact) mass is 353 g/mol. The smallest absolute Gasteiger partial charge is 0.250 e. The van der Waals surface area contributed by atoms with Crippen LogP contribution in [0.4, 0.5) is 17.1 Å². The number of anilines is 3. The van der Waals surface area contributed by atoms with Gasteiger partial charge >= 0.3 is 0 Å². The molecule has 4 nitrogen and oxygen atoms in total. The molecule has 0 aliphatic carbocycles. The Bertz CT molecular complexity index is 581. The van der Waals surface area contributed by atoms with Crippen LogP contribution in [-0.2, 0) is 0 Å². The Morgan fingerprint density at radius 3 is 2.39 bits per heavy atom. The van der Waals surface area contributed by atoms with Crippen LogP contribution >= 0.6 is 22.6 Å². The molecule has 2 aromatic carbocycles. The summed E-state index contributed by atoms with van der Waals surface area (Å²) >= 11 is 2.23. The molecule has 2 rings (SSSR count). The Kier molecular flexibility index (Phi) is 3.71. The van der Waals surface area contributed by atoms with E-state index < -0.39 is 5.91 Å². The minimum atomic E-state index is -0.529. The molecule has 0 saturated carbocycles. The second kappa shape index (κ2) is 5.26. The summed E-state index contributed by atoms with van der Waals surface area (Å²) in [5, 5.41) is 3.16. The third-order valence-electron chi connectivity index (χ3n) is 2.49. The van der Waals surface area contributed by atoms with Gasteiger partial charge in [-0.1, -0.05) is 6.07 Å². The number of primary amides is 1. The number of halogens is 1. The van der Waals surface area contributed by atoms with Crippen molar-refractivity contribution in [2.24, 2.45) is 5.73 Å². The topological polar surface area (TPSA) is 81.1 Å². The number of amides is 1. The summed E-state index contributed by atoms with van der Waals surface area (Å²) in [6.45, 7) is 0. The van der Waals surface area contributed by atoms with Crippen LogP contribution in [0.15, 0.2) is 42.5 Å². The van der Waals surface area contributed by atoms with Gasteiger partial charge in [0.05, 0.1) is 16.9 Å². The zero-order valence-electron chi connectivity index (χ0n) is 9.48. The molecule has 5 heteroatoms. The summed E-state index contributed by atoms with van der Waals surface area (Å²) in [4.78, 5) is 11.2. The summed E-state index contributed by atoms with van der Waals surface area (Å²) in [6.07, 6.45) is 0. The van der Waals surface area contributed by atoms with Gasteiger partial charge in [0.15, 0.2) is 0 Å². The van der Waals surface area contributed by atoms with Crippen molar-refractivity contribution in [2.45, 2.75) is 0 Å². The SMILES string of the molecule is NC(=O)c1cccc(Nc2ccc(I)cc2)c1N. The van der Waals surface area contributed by atoms with Gasteiger partial charge in [-0.2, -0.15) is 0 Å². The Balaban J connectivity index is 2.32. The van der Waals surface area contributed by atoms with Crippen LogP contribution in [0.5, 0.6) is 0 Å². The molecule has 0 unspecified atom stereocenters. The van der Waals surface area contributed by atoms with Crippen LogP contribution in [0.25, 0.3) is 0 Å². The Morgan fingerprint density at radius 1 is 1.11 bits per heavy atom. The summed E-state index contributed by atoms with van der Waals surface area (Å²) in [6, 6.07) is 13.0. The fourth-order valence-electron chi connectivity index (χ4n) is 1.58. The number of hydrogen-bond acceptors (Lipinski definition) is 3. The Morgan fingerprint density at radius 2 is 1.78 bits per heavy atom. The first-order valence-corrected chi connectivity index (χ1v) is 6.36. The summed E-state index contributed by atoms with van der Waals surface area (Å²) in [7, 11) is 0. The molecule has 0 aliphatic heterocycles. The van der Waals surface area contributed by atoms with E-state index in [1.807, 2.05) is 24.3 Å². The lowest BCUT2D eigenvalue weighted by atomic mass is 10.1. The molecule has 0 bridgehead atoms. The average molecular weight is 353 g/mol. The normalized spacial score (nSPS) is 10.1. The van der Waals surface area contributed by atoms with Crippen LogP contribution in [0.3, 0.4) is 0 Å². The van der Waals surface area contributed by atoms with Crippen molar-refractivity contribution in [3.63, 3.8) is 0 Å². The van der Waals surface area contributed by atoms with Crippen molar-refractivity contribution in [1.82, 2.24) is 0 Å². The van der Waals surface area contributed by atoms with E-state index in [0.29, 0.717) is 16.9 Å². The van der Waals surface area contributed by atoms with Crippen LogP contribution in [0.2, 0.25) is 0 Å². The molecule has 5 N–H and O–H groups in total. The van der Waals surface area contributed by atoms with Gasteiger partial charge in [0, 0.05) is 9.26 Å². The van der Waals surface area contributed by atoms with Crippen LogP contribution in [-0.4, -0.2) is 5.91 Å². The average Bonchev–Trinajstić information content (AvgIpc) is 2.34. The van der Waals surface area contributed by atoms with Crippen molar-refractivity contribution in [2.75, 3.05) is 11.1 Å². The first-order chi connectivity index (χ1) is 8.58. The molecule has 0 fully saturated rings. The van der Waals surface area contributed by atoms with Gasteiger partial charge in [-0.05, 0) is 59.0 Å². The maximum atomic E-state index is 11.2. The molecular weight excluding hydrogens is 341 g/mol. The third-order valence-corrected chi connectivity index (χ3v) is 3.21. The van der Waals surface area contributed by atoms with Crippen molar-refractivity contribution in [3.05, 3.63) is 51.6 Å². The highest BCUT2D eigenvalue weighted by molar-refractivity contribution is 14.1. The Hall–Kier alpha value is -1.76. The lowest BCUT2D eigenvalue weighted by molar-refractivity contribution is 0.100. The number of nitrogens with two attached hydrogens (primary N) is 2. The van der Waals surface area contributed by atoms with E-state index in [1.165, 1.54) is 0 Å². The predicted octanol–water partition coefficient (Wildman–Crippen LogP) is 2.72. The fraction of sp³-hybridized carbons (Fsp3) is 0. The third kappa shape index (κ3) is 2.73. The highest BCUT2D eigenvalue weighted by Crippen LogP contribution is 2.26. The number of para-hydroxylation sites is 1. The molecule has 1 amide bonds. The molecule has 0 aromatic heterocycles. The molecule has 0 radical (unpaired) electrons. The summed E-state index contributed by atoms with van der Waals surface area (Å²) in [5.41, 5.74) is 13.4. The molecule has 0 aliphatic rings. The number of nitrogens with one attached hydrogen (secondary N) is 1. The molecular formula is C13H12IN3O. The van der Waals surface area contributed by atoms with Crippen molar-refractivity contribution in [1.29, 1.82) is 0 Å². The van der Waals surface area contributed by atoms with E-state index in [-0.39, 0.29) is 0 Å². The Labute approximate surface area is 119 Å². The fourth-order valence-corrected chi connectivity index (χ4v) is 1.94. The van der Waals surface area contributed by atoms with E-state index in [2.05, 4.69) is 27.9 Å². The molecule has 0 atom stereocenters. The first kappa shape index (κ1) is 12.7. The second-order valence-electron chi connectivity index (χ2n) is 3.76. The van der Waals surface area contributed by atoms with Crippen LogP contribution in [0, 0.1) is 3.57 Å². The number of carbonyl (C=O) groups is 1. The van der Waals surface area contributed by atoms with Gasteiger partial charge in [0.1, 0.15) is 0 Å². The number of benzene rings is 2. The lowest BCUT2D eigenvalue weighted by Crippen LogP contribution is -2.14. The van der Waals surface area contributed by atoms with Crippen LogP contribution in [0.1, 0.15) is 10.4 Å². The van der Waals surface area contributed by atoms with E-state index in [4.69, 9.17) is 11.5 Å². The van der Waals surface area contributed by atoms with Gasteiger partial charge in [-0.3, -0.25) is 4.79 Å². The minimum absolute atomic E-state index is 0.325. The first-order valence-electron chi connectivity index (χ1n) is 5.29. The zero-order valence-corrected chi connectivity index (χ0v) is 11.6. The quantitative estimate of drug-likeness (QED) is 0.586. The maximum absolute atomic E-state index is 11.2. The van der Waals surface area contributed by atoms with Crippen molar-refractivity contribution < 1.29 is 4.79 Å². The van der Waals surface area contributed by atoms with Gasteiger partial charge in [-0.15, -0.1) is 0 Å². The highest BCUT2D eigenvalue weighted by atomic mass is 127. The molecule has 92 valence electrons. The van der Waals surface area contributed by atoms with Crippen molar-refractivity contribution in [3.8, 4) is 0 Å². The summed E-state index contributed by atoms with van der Waals surface area (Å²) in [5.74, 6) is -0.529. The van der Waals surface area contributed by atoms with Gasteiger partial charge in [0.2, 0.25) is 0 Å². The van der Waals surface area contributed by atoms with Gasteiger partial charge < -0.3 is 16.8 Å². The summed E-state index contributed by atoms with van der Waals surface area (Å²) < 4.78 is 1.15. The molecule has 2 aromatic rings. The largest absolute Gasteiger partial charge is 0.396 e. The van der Waals surface area contributed by atoms with Gasteiger partial charge in [-0.25, -0.2) is 0 Å². The number of hydrogen-bond donors (Lipinski definition) is 3. The molecule has 0 spiro atoms. The number of carbonyl (C=O) groups excluding carboxylic acids is 1. The van der Waals surface area contributed by atoms with E-state index in [9.17, 15) is 4.79 Å². The van der Waals surface area contributed by atoms with Crippen LogP contribution < -0.4 is 16.8 Å². The molecule has 18 heavy (non-hydrogen) atoms. The van der Waals surface area contributed by atoms with Crippen molar-refractivity contribution >= 4 is 45.6 Å².